The van der Waals surface area contributed by atoms with Crippen LogP contribution in [0.1, 0.15) is 90.4 Å². The first-order valence-electron chi connectivity index (χ1n) is 15.0. The van der Waals surface area contributed by atoms with E-state index in [1.54, 1.807) is 0 Å². The van der Waals surface area contributed by atoms with E-state index in [4.69, 9.17) is 5.73 Å². The Hall–Kier alpha value is -0.700. The lowest BCUT2D eigenvalue weighted by Crippen LogP contribution is -2.37. The van der Waals surface area contributed by atoms with Crippen molar-refractivity contribution >= 4 is 0 Å². The van der Waals surface area contributed by atoms with Gasteiger partial charge in [0.15, 0.2) is 0 Å². The zero-order valence-corrected chi connectivity index (χ0v) is 23.4. The zero-order chi connectivity index (χ0) is 25.3. The summed E-state index contributed by atoms with van der Waals surface area (Å²) in [6.45, 7) is 13.9. The van der Waals surface area contributed by atoms with Crippen LogP contribution in [0.3, 0.4) is 0 Å². The first-order chi connectivity index (χ1) is 17.4. The maximum atomic E-state index is 5.43. The van der Waals surface area contributed by atoms with Crippen LogP contribution in [0.4, 0.5) is 0 Å². The third-order valence-electron chi connectivity index (χ3n) is 6.14. The molecular weight excluding hydrogens is 434 g/mol. The Bertz CT molecular complexity index is 394. The second kappa shape index (κ2) is 33.3. The number of allylic oxidation sites excluding steroid dienone is 1. The Balaban J connectivity index is 3.07. The summed E-state index contributed by atoms with van der Waals surface area (Å²) in [5.74, 6) is 0. The molecule has 0 aromatic rings. The van der Waals surface area contributed by atoms with E-state index in [-0.39, 0.29) is 0 Å². The summed E-state index contributed by atoms with van der Waals surface area (Å²) in [5, 5.41) is 20.5. The molecule has 8 N–H and O–H groups in total. The fourth-order valence-electron chi connectivity index (χ4n) is 3.95. The monoisotopic (exact) mass is 498 g/mol. The van der Waals surface area contributed by atoms with Gasteiger partial charge in [-0.25, -0.2) is 0 Å². The standard InChI is InChI=1S/C28H63N7/c1-2-3-4-5-6-7-8-9-10-11-12-13-14-15-17-30-19-21-32-23-25-34-27-28-35-26-24-33-22-20-31-18-16-29/h15,17,30-35H,2-14,16,18-29H2,1H3. The van der Waals surface area contributed by atoms with E-state index in [1.807, 2.05) is 0 Å². The van der Waals surface area contributed by atoms with E-state index in [1.165, 1.54) is 83.5 Å². The van der Waals surface area contributed by atoms with Gasteiger partial charge in [-0.05, 0) is 19.0 Å². The van der Waals surface area contributed by atoms with Crippen LogP contribution in [0.2, 0.25) is 0 Å². The van der Waals surface area contributed by atoms with Crippen molar-refractivity contribution in [2.45, 2.75) is 90.4 Å². The Morgan fingerprint density at radius 1 is 0.457 bits per heavy atom. The van der Waals surface area contributed by atoms with Crippen molar-refractivity contribution in [2.24, 2.45) is 5.73 Å². The van der Waals surface area contributed by atoms with Crippen LogP contribution in [0.25, 0.3) is 0 Å². The highest BCUT2D eigenvalue weighted by atomic mass is 15.0. The molecule has 35 heavy (non-hydrogen) atoms. The molecule has 210 valence electrons. The van der Waals surface area contributed by atoms with Crippen molar-refractivity contribution in [1.29, 1.82) is 0 Å². The van der Waals surface area contributed by atoms with E-state index in [0.29, 0.717) is 6.54 Å². The summed E-state index contributed by atoms with van der Waals surface area (Å²) in [7, 11) is 0. The molecule has 0 heterocycles. The Morgan fingerprint density at radius 2 is 0.829 bits per heavy atom. The van der Waals surface area contributed by atoms with E-state index < -0.39 is 0 Å². The van der Waals surface area contributed by atoms with Gasteiger partial charge in [0.2, 0.25) is 0 Å². The molecule has 0 aliphatic heterocycles. The molecule has 0 aromatic heterocycles. The van der Waals surface area contributed by atoms with Crippen LogP contribution in [0.15, 0.2) is 12.3 Å². The summed E-state index contributed by atoms with van der Waals surface area (Å²) < 4.78 is 0. The first kappa shape index (κ1) is 34.3. The summed E-state index contributed by atoms with van der Waals surface area (Å²) >= 11 is 0. The number of hydrogen-bond donors (Lipinski definition) is 7. The Morgan fingerprint density at radius 3 is 1.26 bits per heavy atom. The largest absolute Gasteiger partial charge is 0.390 e. The maximum absolute atomic E-state index is 5.43. The molecule has 0 aliphatic rings. The molecular formula is C28H63N7. The number of unbranched alkanes of at least 4 members (excludes halogenated alkanes) is 12. The van der Waals surface area contributed by atoms with Crippen LogP contribution in [-0.4, -0.2) is 78.5 Å². The van der Waals surface area contributed by atoms with Gasteiger partial charge in [-0.3, -0.25) is 0 Å². The van der Waals surface area contributed by atoms with Gasteiger partial charge in [0.05, 0.1) is 0 Å². The van der Waals surface area contributed by atoms with Gasteiger partial charge in [-0.1, -0.05) is 83.6 Å². The first-order valence-corrected chi connectivity index (χ1v) is 15.0. The molecule has 0 aromatic carbocycles. The Kier molecular flexibility index (Phi) is 32.6. The summed E-state index contributed by atoms with van der Waals surface area (Å²) in [4.78, 5) is 0. The zero-order valence-electron chi connectivity index (χ0n) is 23.4. The number of nitrogens with one attached hydrogen (secondary N) is 6. The third-order valence-corrected chi connectivity index (χ3v) is 6.14. The molecule has 7 nitrogen and oxygen atoms in total. The normalized spacial score (nSPS) is 11.6. The van der Waals surface area contributed by atoms with Gasteiger partial charge in [-0.2, -0.15) is 0 Å². The lowest BCUT2D eigenvalue weighted by Gasteiger charge is -2.09. The lowest BCUT2D eigenvalue weighted by atomic mass is 10.0. The molecule has 0 spiro atoms. The van der Waals surface area contributed by atoms with Crippen LogP contribution >= 0.6 is 0 Å². The second-order valence-corrected chi connectivity index (χ2v) is 9.57. The predicted molar refractivity (Wildman–Crippen MR) is 156 cm³/mol. The number of rotatable bonds is 31. The van der Waals surface area contributed by atoms with Crippen LogP contribution < -0.4 is 37.6 Å². The Labute approximate surface area is 219 Å². The fourth-order valence-corrected chi connectivity index (χ4v) is 3.95. The van der Waals surface area contributed by atoms with Crippen LogP contribution in [-0.2, 0) is 0 Å². The van der Waals surface area contributed by atoms with Crippen LogP contribution in [0, 0.1) is 0 Å². The molecule has 0 saturated heterocycles. The molecule has 0 saturated carbocycles. The van der Waals surface area contributed by atoms with Gasteiger partial charge in [0, 0.05) is 78.5 Å². The topological polar surface area (TPSA) is 98.2 Å². The lowest BCUT2D eigenvalue weighted by molar-refractivity contribution is 0.544. The van der Waals surface area contributed by atoms with E-state index >= 15 is 0 Å². The molecule has 7 heteroatoms. The number of hydrogen-bond acceptors (Lipinski definition) is 7. The molecule has 0 rings (SSSR count). The second-order valence-electron chi connectivity index (χ2n) is 9.57. The van der Waals surface area contributed by atoms with Crippen molar-refractivity contribution < 1.29 is 0 Å². The van der Waals surface area contributed by atoms with Crippen molar-refractivity contribution in [3.05, 3.63) is 12.3 Å². The van der Waals surface area contributed by atoms with Gasteiger partial charge in [-0.15, -0.1) is 0 Å². The van der Waals surface area contributed by atoms with Crippen LogP contribution in [0.5, 0.6) is 0 Å². The third kappa shape index (κ3) is 33.3. The van der Waals surface area contributed by atoms with Gasteiger partial charge < -0.3 is 37.6 Å². The predicted octanol–water partition coefficient (Wildman–Crippen LogP) is 3.09. The molecule has 0 aliphatic carbocycles. The van der Waals surface area contributed by atoms with E-state index in [9.17, 15) is 0 Å². The van der Waals surface area contributed by atoms with E-state index in [2.05, 4.69) is 51.1 Å². The summed E-state index contributed by atoms with van der Waals surface area (Å²) in [5.41, 5.74) is 5.43. The molecule has 0 atom stereocenters. The van der Waals surface area contributed by atoms with Crippen molar-refractivity contribution in [3.8, 4) is 0 Å². The smallest absolute Gasteiger partial charge is 0.0266 e. The quantitative estimate of drug-likeness (QED) is 0.0740. The maximum Gasteiger partial charge on any atom is 0.0266 e. The molecule has 0 amide bonds. The minimum atomic E-state index is 0.706. The van der Waals surface area contributed by atoms with Crippen molar-refractivity contribution in [1.82, 2.24) is 31.9 Å². The van der Waals surface area contributed by atoms with Crippen molar-refractivity contribution in [3.63, 3.8) is 0 Å². The highest BCUT2D eigenvalue weighted by Gasteiger charge is 1.93. The van der Waals surface area contributed by atoms with E-state index in [0.717, 1.165) is 72.0 Å². The highest BCUT2D eigenvalue weighted by Crippen LogP contribution is 2.12. The molecule has 0 fully saturated rings. The van der Waals surface area contributed by atoms with Gasteiger partial charge in [0.25, 0.3) is 0 Å². The minimum Gasteiger partial charge on any atom is -0.390 e. The number of nitrogens with two attached hydrogens (primary N) is 1. The summed E-state index contributed by atoms with van der Waals surface area (Å²) in [6.07, 6.45) is 22.7. The van der Waals surface area contributed by atoms with Crippen molar-refractivity contribution in [2.75, 3.05) is 78.5 Å². The molecule has 0 unspecified atom stereocenters. The average Bonchev–Trinajstić information content (AvgIpc) is 2.87. The SMILES string of the molecule is CCCCCCCCCCCCCCC=CNCCNCCNCCNCCNCCNCCN. The molecule has 0 radical (unpaired) electrons. The fraction of sp³-hybridized carbons (Fsp3) is 0.929. The minimum absolute atomic E-state index is 0.706. The summed E-state index contributed by atoms with van der Waals surface area (Å²) in [6, 6.07) is 0. The van der Waals surface area contributed by atoms with Gasteiger partial charge >= 0.3 is 0 Å². The highest BCUT2D eigenvalue weighted by molar-refractivity contribution is 4.79. The molecule has 0 bridgehead atoms. The average molecular weight is 498 g/mol. The van der Waals surface area contributed by atoms with Gasteiger partial charge in [0.1, 0.15) is 0 Å².